The Bertz CT molecular complexity index is 510. The molecule has 1 atom stereocenters. The number of hydrogen-bond acceptors (Lipinski definition) is 2. The first-order chi connectivity index (χ1) is 9.61. The topological polar surface area (TPSA) is 72.2 Å². The Labute approximate surface area is 120 Å². The summed E-state index contributed by atoms with van der Waals surface area (Å²) in [7, 11) is 0. The van der Waals surface area contributed by atoms with E-state index in [0.717, 1.165) is 24.3 Å². The minimum atomic E-state index is -4.46. The van der Waals surface area contributed by atoms with Crippen LogP contribution in [-0.4, -0.2) is 17.9 Å². The standard InChI is InChI=1S/C14H17F3N2O2/c1-8(2)7-11(12(18)20)19-13(21)9-3-5-10(6-4-9)14(15,16)17/h3-6,8,11H,7H2,1-2H3,(H2,18,20)(H,19,21)/t11-/m1/s1. The Balaban J connectivity index is 2.81. The Hall–Kier alpha value is -2.05. The van der Waals surface area contributed by atoms with Gasteiger partial charge < -0.3 is 11.1 Å². The molecule has 0 fully saturated rings. The number of nitrogens with one attached hydrogen (secondary N) is 1. The summed E-state index contributed by atoms with van der Waals surface area (Å²) in [5, 5.41) is 2.43. The van der Waals surface area contributed by atoms with Crippen LogP contribution in [0.15, 0.2) is 24.3 Å². The fourth-order valence-electron chi connectivity index (χ4n) is 1.77. The van der Waals surface area contributed by atoms with Crippen LogP contribution in [-0.2, 0) is 11.0 Å². The van der Waals surface area contributed by atoms with Crippen LogP contribution in [0.25, 0.3) is 0 Å². The zero-order valence-corrected chi connectivity index (χ0v) is 11.7. The number of carbonyl (C=O) groups excluding carboxylic acids is 2. The van der Waals surface area contributed by atoms with Gasteiger partial charge in [-0.25, -0.2) is 0 Å². The van der Waals surface area contributed by atoms with Gasteiger partial charge in [0.1, 0.15) is 6.04 Å². The molecule has 3 N–H and O–H groups in total. The van der Waals surface area contributed by atoms with Crippen molar-refractivity contribution in [3.63, 3.8) is 0 Å². The first kappa shape index (κ1) is 17.0. The van der Waals surface area contributed by atoms with Crippen molar-refractivity contribution in [2.45, 2.75) is 32.5 Å². The number of halogens is 3. The zero-order valence-electron chi connectivity index (χ0n) is 11.7. The molecule has 0 heterocycles. The van der Waals surface area contributed by atoms with Gasteiger partial charge in [0.25, 0.3) is 5.91 Å². The summed E-state index contributed by atoms with van der Waals surface area (Å²) in [6, 6.07) is 2.91. The Kier molecular flexibility index (Phi) is 5.34. The number of primary amides is 1. The van der Waals surface area contributed by atoms with Gasteiger partial charge in [-0.2, -0.15) is 13.2 Å². The van der Waals surface area contributed by atoms with Crippen LogP contribution in [0.3, 0.4) is 0 Å². The van der Waals surface area contributed by atoms with E-state index in [1.807, 2.05) is 13.8 Å². The van der Waals surface area contributed by atoms with Crippen molar-refractivity contribution in [2.24, 2.45) is 11.7 Å². The lowest BCUT2D eigenvalue weighted by molar-refractivity contribution is -0.137. The lowest BCUT2D eigenvalue weighted by atomic mass is 10.0. The van der Waals surface area contributed by atoms with E-state index in [-0.39, 0.29) is 11.5 Å². The SMILES string of the molecule is CC(C)C[C@@H](NC(=O)c1ccc(C(F)(F)F)cc1)C(N)=O. The fourth-order valence-corrected chi connectivity index (χ4v) is 1.77. The molecule has 0 aliphatic rings. The van der Waals surface area contributed by atoms with Crippen molar-refractivity contribution in [3.8, 4) is 0 Å². The second kappa shape index (κ2) is 6.60. The summed E-state index contributed by atoms with van der Waals surface area (Å²) in [5.41, 5.74) is 4.39. The number of benzene rings is 1. The van der Waals surface area contributed by atoms with Gasteiger partial charge in [-0.3, -0.25) is 9.59 Å². The molecule has 0 aromatic heterocycles. The molecular weight excluding hydrogens is 285 g/mol. The lowest BCUT2D eigenvalue weighted by Crippen LogP contribution is -2.45. The van der Waals surface area contributed by atoms with E-state index in [1.165, 1.54) is 0 Å². The van der Waals surface area contributed by atoms with E-state index >= 15 is 0 Å². The number of carbonyl (C=O) groups is 2. The van der Waals surface area contributed by atoms with E-state index in [4.69, 9.17) is 5.73 Å². The maximum absolute atomic E-state index is 12.4. The average Bonchev–Trinajstić information content (AvgIpc) is 2.36. The molecule has 1 rings (SSSR count). The molecule has 0 aliphatic heterocycles. The van der Waals surface area contributed by atoms with Crippen molar-refractivity contribution < 1.29 is 22.8 Å². The zero-order chi connectivity index (χ0) is 16.2. The normalized spacial score (nSPS) is 13.0. The summed E-state index contributed by atoms with van der Waals surface area (Å²) < 4.78 is 37.3. The van der Waals surface area contributed by atoms with Crippen molar-refractivity contribution in [1.82, 2.24) is 5.32 Å². The third kappa shape index (κ3) is 5.09. The molecule has 116 valence electrons. The number of alkyl halides is 3. The summed E-state index contributed by atoms with van der Waals surface area (Å²) in [5.74, 6) is -1.17. The molecular formula is C14H17F3N2O2. The van der Waals surface area contributed by atoms with Crippen LogP contribution in [0.2, 0.25) is 0 Å². The van der Waals surface area contributed by atoms with Crippen LogP contribution in [0.4, 0.5) is 13.2 Å². The first-order valence-corrected chi connectivity index (χ1v) is 6.38. The van der Waals surface area contributed by atoms with Gasteiger partial charge in [0.05, 0.1) is 5.56 Å². The van der Waals surface area contributed by atoms with Crippen molar-refractivity contribution in [1.29, 1.82) is 0 Å². The van der Waals surface area contributed by atoms with Crippen LogP contribution < -0.4 is 11.1 Å². The highest BCUT2D eigenvalue weighted by molar-refractivity contribution is 5.97. The fraction of sp³-hybridized carbons (Fsp3) is 0.429. The highest BCUT2D eigenvalue weighted by Gasteiger charge is 2.30. The Morgan fingerprint density at radius 3 is 2.10 bits per heavy atom. The summed E-state index contributed by atoms with van der Waals surface area (Å²) in [6.45, 7) is 3.72. The van der Waals surface area contributed by atoms with Gasteiger partial charge in [0.15, 0.2) is 0 Å². The predicted molar refractivity (Wildman–Crippen MR) is 71.3 cm³/mol. The molecule has 0 saturated heterocycles. The average molecular weight is 302 g/mol. The molecule has 0 radical (unpaired) electrons. The molecule has 0 spiro atoms. The Morgan fingerprint density at radius 1 is 1.19 bits per heavy atom. The summed E-state index contributed by atoms with van der Waals surface area (Å²) in [4.78, 5) is 23.1. The third-order valence-corrected chi connectivity index (χ3v) is 2.83. The number of rotatable bonds is 5. The van der Waals surface area contributed by atoms with Crippen molar-refractivity contribution >= 4 is 11.8 Å². The van der Waals surface area contributed by atoms with E-state index in [2.05, 4.69) is 5.32 Å². The maximum Gasteiger partial charge on any atom is 0.416 e. The van der Waals surface area contributed by atoms with Crippen molar-refractivity contribution in [3.05, 3.63) is 35.4 Å². The number of nitrogens with two attached hydrogens (primary N) is 1. The smallest absolute Gasteiger partial charge is 0.368 e. The van der Waals surface area contributed by atoms with Gasteiger partial charge in [0.2, 0.25) is 5.91 Å². The van der Waals surface area contributed by atoms with Gasteiger partial charge in [0, 0.05) is 5.56 Å². The van der Waals surface area contributed by atoms with E-state index < -0.39 is 29.6 Å². The largest absolute Gasteiger partial charge is 0.416 e. The quantitative estimate of drug-likeness (QED) is 0.876. The van der Waals surface area contributed by atoms with Crippen LogP contribution in [0, 0.1) is 5.92 Å². The second-order valence-electron chi connectivity index (χ2n) is 5.13. The highest BCUT2D eigenvalue weighted by atomic mass is 19.4. The lowest BCUT2D eigenvalue weighted by Gasteiger charge is -2.17. The minimum Gasteiger partial charge on any atom is -0.368 e. The molecule has 0 aliphatic carbocycles. The number of amides is 2. The molecule has 0 saturated carbocycles. The van der Waals surface area contributed by atoms with Gasteiger partial charge in [-0.05, 0) is 36.6 Å². The molecule has 7 heteroatoms. The molecule has 2 amide bonds. The molecule has 21 heavy (non-hydrogen) atoms. The number of hydrogen-bond donors (Lipinski definition) is 2. The van der Waals surface area contributed by atoms with Crippen molar-refractivity contribution in [2.75, 3.05) is 0 Å². The monoisotopic (exact) mass is 302 g/mol. The molecule has 0 unspecified atom stereocenters. The maximum atomic E-state index is 12.4. The molecule has 4 nitrogen and oxygen atoms in total. The Morgan fingerprint density at radius 2 is 1.71 bits per heavy atom. The van der Waals surface area contributed by atoms with Crippen LogP contribution in [0.5, 0.6) is 0 Å². The second-order valence-corrected chi connectivity index (χ2v) is 5.13. The van der Waals surface area contributed by atoms with Crippen LogP contribution in [0.1, 0.15) is 36.2 Å². The third-order valence-electron chi connectivity index (χ3n) is 2.83. The van der Waals surface area contributed by atoms with Gasteiger partial charge >= 0.3 is 6.18 Å². The van der Waals surface area contributed by atoms with Gasteiger partial charge in [-0.1, -0.05) is 13.8 Å². The highest BCUT2D eigenvalue weighted by Crippen LogP contribution is 2.29. The van der Waals surface area contributed by atoms with E-state index in [1.54, 1.807) is 0 Å². The molecule has 1 aromatic rings. The first-order valence-electron chi connectivity index (χ1n) is 6.38. The molecule has 1 aromatic carbocycles. The van der Waals surface area contributed by atoms with E-state index in [0.29, 0.717) is 6.42 Å². The molecule has 0 bridgehead atoms. The minimum absolute atomic E-state index is 0.0398. The summed E-state index contributed by atoms with van der Waals surface area (Å²) in [6.07, 6.45) is -4.09. The van der Waals surface area contributed by atoms with E-state index in [9.17, 15) is 22.8 Å². The summed E-state index contributed by atoms with van der Waals surface area (Å²) >= 11 is 0. The predicted octanol–water partition coefficient (Wildman–Crippen LogP) is 2.34. The van der Waals surface area contributed by atoms with Crippen LogP contribution >= 0.6 is 0 Å². The van der Waals surface area contributed by atoms with Gasteiger partial charge in [-0.15, -0.1) is 0 Å².